The third kappa shape index (κ3) is 4.78. The van der Waals surface area contributed by atoms with Crippen LogP contribution in [0.5, 0.6) is 0 Å². The number of sulfonamides is 2. The van der Waals surface area contributed by atoms with Gasteiger partial charge in [0.1, 0.15) is 34.0 Å². The van der Waals surface area contributed by atoms with E-state index in [0.717, 1.165) is 0 Å². The highest BCUT2D eigenvalue weighted by Gasteiger charge is 2.41. The van der Waals surface area contributed by atoms with Gasteiger partial charge in [0.25, 0.3) is 10.0 Å². The molecule has 0 fully saturated rings. The monoisotopic (exact) mass is 589 g/mol. The molecular weight excluding hydrogens is 580 g/mol. The quantitative estimate of drug-likeness (QED) is 0.442. The normalized spacial score (nSPS) is 12.4. The zero-order valence-corrected chi connectivity index (χ0v) is 20.5. The standard InChI is InChI=1S/C18H10Cl2F5N5O4S2/c1-35(31,32)30(36(33,34)14-3-2-9(21)6-12(14)22)16-13(7-26)28-29(17(16)27)15-10(19)4-8(5-11(15)20)18(23,24)25/h2-6H,27H2,1H3. The molecule has 3 aromatic rings. The number of hydrogen-bond donors (Lipinski definition) is 1. The maximum Gasteiger partial charge on any atom is 0.416 e. The van der Waals surface area contributed by atoms with Crippen molar-refractivity contribution in [3.8, 4) is 11.8 Å². The summed E-state index contributed by atoms with van der Waals surface area (Å²) in [5, 5.41) is 11.8. The summed E-state index contributed by atoms with van der Waals surface area (Å²) in [6.45, 7) is 0. The summed E-state index contributed by atoms with van der Waals surface area (Å²) in [6.07, 6.45) is -4.48. The number of rotatable bonds is 5. The van der Waals surface area contributed by atoms with E-state index in [4.69, 9.17) is 28.9 Å². The van der Waals surface area contributed by atoms with Crippen molar-refractivity contribution in [2.24, 2.45) is 0 Å². The highest BCUT2D eigenvalue weighted by Crippen LogP contribution is 2.41. The van der Waals surface area contributed by atoms with Crippen molar-refractivity contribution in [2.45, 2.75) is 11.1 Å². The van der Waals surface area contributed by atoms with Crippen LogP contribution in [-0.4, -0.2) is 32.9 Å². The van der Waals surface area contributed by atoms with Gasteiger partial charge in [-0.15, -0.1) is 0 Å². The second kappa shape index (κ2) is 9.07. The lowest BCUT2D eigenvalue weighted by Gasteiger charge is -2.22. The molecule has 2 N–H and O–H groups in total. The van der Waals surface area contributed by atoms with E-state index in [1.165, 1.54) is 6.07 Å². The predicted octanol–water partition coefficient (Wildman–Crippen LogP) is 4.08. The van der Waals surface area contributed by atoms with Crippen LogP contribution in [0.1, 0.15) is 11.3 Å². The molecular formula is C18H10Cl2F5N5O4S2. The average Bonchev–Trinajstić information content (AvgIpc) is 3.01. The van der Waals surface area contributed by atoms with Crippen molar-refractivity contribution in [1.82, 2.24) is 9.78 Å². The van der Waals surface area contributed by atoms with Gasteiger partial charge in [0.2, 0.25) is 10.0 Å². The van der Waals surface area contributed by atoms with Crippen LogP contribution in [0, 0.1) is 23.0 Å². The molecule has 18 heteroatoms. The Bertz CT molecular complexity index is 1630. The minimum Gasteiger partial charge on any atom is -0.382 e. The van der Waals surface area contributed by atoms with Gasteiger partial charge < -0.3 is 5.73 Å². The van der Waals surface area contributed by atoms with E-state index in [1.807, 2.05) is 0 Å². The Morgan fingerprint density at radius 3 is 2.08 bits per heavy atom. The van der Waals surface area contributed by atoms with E-state index < -0.39 is 85.0 Å². The van der Waals surface area contributed by atoms with E-state index in [0.29, 0.717) is 35.2 Å². The molecule has 1 aromatic heterocycles. The molecule has 0 saturated carbocycles. The van der Waals surface area contributed by atoms with Gasteiger partial charge in [-0.25, -0.2) is 21.9 Å². The van der Waals surface area contributed by atoms with Gasteiger partial charge in [-0.3, -0.25) is 0 Å². The summed E-state index contributed by atoms with van der Waals surface area (Å²) in [6, 6.07) is 3.43. The second-order valence-electron chi connectivity index (χ2n) is 6.93. The van der Waals surface area contributed by atoms with Gasteiger partial charge in [-0.05, 0) is 24.3 Å². The van der Waals surface area contributed by atoms with Crippen LogP contribution in [0.25, 0.3) is 5.69 Å². The number of halogens is 7. The first-order chi connectivity index (χ1) is 16.4. The Morgan fingerprint density at radius 1 is 1.08 bits per heavy atom. The summed E-state index contributed by atoms with van der Waals surface area (Å²) < 4.78 is 118. The lowest BCUT2D eigenvalue weighted by atomic mass is 10.2. The highest BCUT2D eigenvalue weighted by atomic mass is 35.5. The van der Waals surface area contributed by atoms with Crippen molar-refractivity contribution < 1.29 is 38.8 Å². The van der Waals surface area contributed by atoms with Crippen LogP contribution in [0.15, 0.2) is 35.2 Å². The minimum atomic E-state index is -5.43. The van der Waals surface area contributed by atoms with Gasteiger partial charge >= 0.3 is 6.18 Å². The molecule has 0 bridgehead atoms. The van der Waals surface area contributed by atoms with Crippen LogP contribution < -0.4 is 9.44 Å². The van der Waals surface area contributed by atoms with Crippen molar-refractivity contribution in [3.63, 3.8) is 0 Å². The number of alkyl halides is 3. The Hall–Kier alpha value is -3.13. The largest absolute Gasteiger partial charge is 0.416 e. The fourth-order valence-corrected chi connectivity index (χ4v) is 6.99. The molecule has 192 valence electrons. The smallest absolute Gasteiger partial charge is 0.382 e. The SMILES string of the molecule is CS(=O)(=O)N(c1c(C#N)nn(-c2c(Cl)cc(C(F)(F)F)cc2Cl)c1N)S(=O)(=O)c1ccc(F)cc1F. The summed E-state index contributed by atoms with van der Waals surface area (Å²) >= 11 is 11.8. The van der Waals surface area contributed by atoms with Gasteiger partial charge in [-0.1, -0.05) is 23.2 Å². The van der Waals surface area contributed by atoms with Gasteiger partial charge in [0.15, 0.2) is 11.5 Å². The number of nitrogens with two attached hydrogens (primary N) is 1. The first-order valence-corrected chi connectivity index (χ1v) is 13.0. The van der Waals surface area contributed by atoms with Crippen LogP contribution in [0.3, 0.4) is 0 Å². The number of nitrogen functional groups attached to an aromatic ring is 1. The Kier molecular flexibility index (Phi) is 6.92. The molecule has 0 atom stereocenters. The number of nitriles is 1. The first kappa shape index (κ1) is 27.5. The fourth-order valence-electron chi connectivity index (χ4n) is 3.02. The number of benzene rings is 2. The molecule has 1 heterocycles. The third-order valence-corrected chi connectivity index (χ3v) is 8.70. The molecule has 0 amide bonds. The molecule has 0 aliphatic heterocycles. The van der Waals surface area contributed by atoms with Crippen LogP contribution in [-0.2, 0) is 26.2 Å². The molecule has 0 unspecified atom stereocenters. The summed E-state index contributed by atoms with van der Waals surface area (Å²) in [5.41, 5.74) is 2.02. The molecule has 36 heavy (non-hydrogen) atoms. The summed E-state index contributed by atoms with van der Waals surface area (Å²) in [5.74, 6) is -3.76. The molecule has 0 spiro atoms. The fraction of sp³-hybridized carbons (Fsp3) is 0.111. The summed E-state index contributed by atoms with van der Waals surface area (Å²) in [7, 11) is -10.4. The van der Waals surface area contributed by atoms with Crippen molar-refractivity contribution in [2.75, 3.05) is 15.7 Å². The van der Waals surface area contributed by atoms with E-state index in [1.54, 1.807) is 0 Å². The zero-order valence-electron chi connectivity index (χ0n) is 17.3. The van der Waals surface area contributed by atoms with E-state index >= 15 is 0 Å². The Morgan fingerprint density at radius 2 is 1.64 bits per heavy atom. The minimum absolute atomic E-state index is 0.174. The van der Waals surface area contributed by atoms with Gasteiger partial charge in [0.05, 0.1) is 21.9 Å². The molecule has 0 aliphatic carbocycles. The maximum absolute atomic E-state index is 14.3. The maximum atomic E-state index is 14.3. The van der Waals surface area contributed by atoms with Crippen LogP contribution >= 0.6 is 23.2 Å². The second-order valence-corrected chi connectivity index (χ2v) is 11.6. The van der Waals surface area contributed by atoms with E-state index in [2.05, 4.69) is 5.10 Å². The Labute approximate surface area is 210 Å². The predicted molar refractivity (Wildman–Crippen MR) is 119 cm³/mol. The molecule has 3 rings (SSSR count). The topological polar surface area (TPSA) is 139 Å². The van der Waals surface area contributed by atoms with E-state index in [9.17, 15) is 44.0 Å². The zero-order chi connectivity index (χ0) is 27.4. The van der Waals surface area contributed by atoms with Gasteiger partial charge in [0, 0.05) is 6.07 Å². The first-order valence-electron chi connectivity index (χ1n) is 8.97. The number of anilines is 2. The molecule has 2 aromatic carbocycles. The van der Waals surface area contributed by atoms with Crippen molar-refractivity contribution >= 4 is 54.8 Å². The van der Waals surface area contributed by atoms with Crippen molar-refractivity contribution in [1.29, 1.82) is 5.26 Å². The number of hydrogen-bond acceptors (Lipinski definition) is 7. The Balaban J connectivity index is 2.36. The van der Waals surface area contributed by atoms with Gasteiger partial charge in [-0.2, -0.15) is 35.7 Å². The molecule has 0 saturated heterocycles. The van der Waals surface area contributed by atoms with Crippen molar-refractivity contribution in [3.05, 3.63) is 63.3 Å². The molecule has 0 aliphatic rings. The molecule has 9 nitrogen and oxygen atoms in total. The van der Waals surface area contributed by atoms with Crippen LogP contribution in [0.2, 0.25) is 10.0 Å². The average molecular weight is 590 g/mol. The van der Waals surface area contributed by atoms with Crippen LogP contribution in [0.4, 0.5) is 33.5 Å². The lowest BCUT2D eigenvalue weighted by Crippen LogP contribution is -2.37. The highest BCUT2D eigenvalue weighted by molar-refractivity contribution is 8.10. The molecule has 0 radical (unpaired) electrons. The summed E-state index contributed by atoms with van der Waals surface area (Å²) in [4.78, 5) is -1.30. The lowest BCUT2D eigenvalue weighted by molar-refractivity contribution is -0.137. The number of nitrogens with zero attached hydrogens (tertiary/aromatic N) is 4. The third-order valence-electron chi connectivity index (χ3n) is 4.43. The van der Waals surface area contributed by atoms with E-state index in [-0.39, 0.29) is 6.07 Å². The number of aromatic nitrogens is 2.